The van der Waals surface area contributed by atoms with Gasteiger partial charge in [0.2, 0.25) is 5.89 Å². The maximum Gasteiger partial charge on any atom is 0.233 e. The second-order valence-electron chi connectivity index (χ2n) is 4.43. The highest BCUT2D eigenvalue weighted by Gasteiger charge is 2.33. The van der Waals surface area contributed by atoms with Crippen LogP contribution in [0, 0.1) is 0 Å². The summed E-state index contributed by atoms with van der Waals surface area (Å²) in [4.78, 5) is 4.13. The number of nitrogens with zero attached hydrogens (tertiary/aromatic N) is 2. The molecule has 1 fully saturated rings. The predicted molar refractivity (Wildman–Crippen MR) is 63.9 cm³/mol. The van der Waals surface area contributed by atoms with Crippen LogP contribution < -0.4 is 5.32 Å². The second kappa shape index (κ2) is 5.33. The largest absolute Gasteiger partial charge is 0.379 e. The number of likely N-dealkylation sites (N-methyl/N-ethyl adjacent to an activating group) is 1. The lowest BCUT2D eigenvalue weighted by molar-refractivity contribution is 0.185. The maximum atomic E-state index is 11.1. The van der Waals surface area contributed by atoms with E-state index in [1.165, 1.54) is 0 Å². The zero-order chi connectivity index (χ0) is 13.2. The molecule has 0 amide bonds. The second-order valence-corrected chi connectivity index (χ2v) is 6.57. The van der Waals surface area contributed by atoms with Crippen LogP contribution in [0.15, 0.2) is 4.52 Å². The van der Waals surface area contributed by atoms with Gasteiger partial charge in [0.25, 0.3) is 0 Å². The number of rotatable bonds is 5. The Bertz CT molecular complexity index is 499. The van der Waals surface area contributed by atoms with E-state index in [1.807, 2.05) is 6.92 Å². The Balaban J connectivity index is 2.09. The van der Waals surface area contributed by atoms with Gasteiger partial charge in [0.15, 0.2) is 15.7 Å². The SMILES string of the molecule is CCNC1COCC1c1nc(CS(C)(=O)=O)no1. The molecule has 2 atom stereocenters. The summed E-state index contributed by atoms with van der Waals surface area (Å²) in [5.41, 5.74) is 0. The van der Waals surface area contributed by atoms with E-state index in [2.05, 4.69) is 15.5 Å². The van der Waals surface area contributed by atoms with Crippen LogP contribution in [-0.2, 0) is 20.3 Å². The smallest absolute Gasteiger partial charge is 0.233 e. The van der Waals surface area contributed by atoms with Gasteiger partial charge in [-0.15, -0.1) is 0 Å². The average Bonchev–Trinajstić information content (AvgIpc) is 2.84. The van der Waals surface area contributed by atoms with Crippen molar-refractivity contribution in [2.75, 3.05) is 26.0 Å². The summed E-state index contributed by atoms with van der Waals surface area (Å²) in [5, 5.41) is 6.97. The van der Waals surface area contributed by atoms with E-state index in [1.54, 1.807) is 0 Å². The summed E-state index contributed by atoms with van der Waals surface area (Å²) in [7, 11) is -3.14. The highest BCUT2D eigenvalue weighted by Crippen LogP contribution is 2.24. The summed E-state index contributed by atoms with van der Waals surface area (Å²) in [6, 6.07) is 0.140. The summed E-state index contributed by atoms with van der Waals surface area (Å²) in [5.74, 6) is 0.438. The molecule has 0 radical (unpaired) electrons. The standard InChI is InChI=1S/C10H17N3O4S/c1-3-11-8-5-16-4-7(8)10-12-9(13-17-10)6-18(2,14)15/h7-8,11H,3-6H2,1-2H3. The minimum Gasteiger partial charge on any atom is -0.379 e. The fraction of sp³-hybridized carbons (Fsp3) is 0.800. The number of ether oxygens (including phenoxy) is 1. The number of hydrogen-bond acceptors (Lipinski definition) is 7. The summed E-state index contributed by atoms with van der Waals surface area (Å²) >= 11 is 0. The Morgan fingerprint density at radius 1 is 1.44 bits per heavy atom. The van der Waals surface area contributed by atoms with Gasteiger partial charge in [0.05, 0.1) is 19.1 Å². The monoisotopic (exact) mass is 275 g/mol. The first kappa shape index (κ1) is 13.4. The van der Waals surface area contributed by atoms with E-state index >= 15 is 0 Å². The molecule has 0 aromatic carbocycles. The predicted octanol–water partition coefficient (Wildman–Crippen LogP) is -0.294. The third-order valence-electron chi connectivity index (χ3n) is 2.74. The molecule has 1 saturated heterocycles. The fourth-order valence-corrected chi connectivity index (χ4v) is 2.56. The minimum absolute atomic E-state index is 0.00856. The maximum absolute atomic E-state index is 11.1. The van der Waals surface area contributed by atoms with Gasteiger partial charge in [0.1, 0.15) is 5.75 Å². The first-order valence-electron chi connectivity index (χ1n) is 5.81. The first-order chi connectivity index (χ1) is 8.49. The van der Waals surface area contributed by atoms with Crippen LogP contribution >= 0.6 is 0 Å². The van der Waals surface area contributed by atoms with E-state index < -0.39 is 9.84 Å². The zero-order valence-electron chi connectivity index (χ0n) is 10.4. The average molecular weight is 275 g/mol. The normalized spacial score (nSPS) is 24.6. The van der Waals surface area contributed by atoms with Crippen molar-refractivity contribution >= 4 is 9.84 Å². The molecule has 2 heterocycles. The van der Waals surface area contributed by atoms with Crippen LogP contribution in [0.1, 0.15) is 24.6 Å². The molecule has 0 spiro atoms. The van der Waals surface area contributed by atoms with E-state index in [-0.39, 0.29) is 23.5 Å². The van der Waals surface area contributed by atoms with Crippen LogP contribution in [0.5, 0.6) is 0 Å². The molecule has 102 valence electrons. The topological polar surface area (TPSA) is 94.3 Å². The van der Waals surface area contributed by atoms with Gasteiger partial charge in [-0.2, -0.15) is 4.98 Å². The van der Waals surface area contributed by atoms with E-state index in [9.17, 15) is 8.42 Å². The van der Waals surface area contributed by atoms with Gasteiger partial charge in [-0.1, -0.05) is 12.1 Å². The molecular weight excluding hydrogens is 258 g/mol. The van der Waals surface area contributed by atoms with E-state index in [0.717, 1.165) is 12.8 Å². The van der Waals surface area contributed by atoms with Gasteiger partial charge in [0, 0.05) is 12.3 Å². The molecule has 0 aliphatic carbocycles. The molecular formula is C10H17N3O4S. The molecule has 2 rings (SSSR count). The lowest BCUT2D eigenvalue weighted by Crippen LogP contribution is -2.34. The molecule has 1 aromatic heterocycles. The molecule has 2 unspecified atom stereocenters. The first-order valence-corrected chi connectivity index (χ1v) is 7.87. The quantitative estimate of drug-likeness (QED) is 0.788. The van der Waals surface area contributed by atoms with Crippen molar-refractivity contribution in [2.45, 2.75) is 24.6 Å². The number of aromatic nitrogens is 2. The Hall–Kier alpha value is -0.990. The van der Waals surface area contributed by atoms with Crippen LogP contribution in [0.25, 0.3) is 0 Å². The highest BCUT2D eigenvalue weighted by molar-refractivity contribution is 7.89. The van der Waals surface area contributed by atoms with Crippen molar-refractivity contribution in [3.05, 3.63) is 11.7 Å². The lowest BCUT2D eigenvalue weighted by atomic mass is 10.0. The van der Waals surface area contributed by atoms with Crippen LogP contribution in [-0.4, -0.2) is 50.6 Å². The number of nitrogens with one attached hydrogen (secondary N) is 1. The summed E-state index contributed by atoms with van der Waals surface area (Å²) in [6.45, 7) is 3.95. The molecule has 8 heteroatoms. The van der Waals surface area contributed by atoms with Crippen molar-refractivity contribution in [3.8, 4) is 0 Å². The van der Waals surface area contributed by atoms with Crippen molar-refractivity contribution in [1.29, 1.82) is 0 Å². The summed E-state index contributed by atoms with van der Waals surface area (Å²) < 4.78 is 32.8. The van der Waals surface area contributed by atoms with E-state index in [0.29, 0.717) is 19.1 Å². The Morgan fingerprint density at radius 2 is 2.22 bits per heavy atom. The molecule has 18 heavy (non-hydrogen) atoms. The third-order valence-corrected chi connectivity index (χ3v) is 3.52. The lowest BCUT2D eigenvalue weighted by Gasteiger charge is -2.13. The molecule has 7 nitrogen and oxygen atoms in total. The van der Waals surface area contributed by atoms with Crippen LogP contribution in [0.2, 0.25) is 0 Å². The third kappa shape index (κ3) is 3.27. The minimum atomic E-state index is -3.14. The van der Waals surface area contributed by atoms with Crippen molar-refractivity contribution in [1.82, 2.24) is 15.5 Å². The van der Waals surface area contributed by atoms with Crippen molar-refractivity contribution in [2.24, 2.45) is 0 Å². The number of sulfone groups is 1. The Labute approximate surface area is 106 Å². The van der Waals surface area contributed by atoms with Crippen molar-refractivity contribution < 1.29 is 17.7 Å². The number of hydrogen-bond donors (Lipinski definition) is 1. The Morgan fingerprint density at radius 3 is 2.89 bits per heavy atom. The molecule has 1 aliphatic heterocycles. The molecule has 1 aliphatic rings. The summed E-state index contributed by atoms with van der Waals surface area (Å²) in [6.07, 6.45) is 1.14. The molecule has 0 saturated carbocycles. The Kier molecular flexibility index (Phi) is 3.98. The molecule has 1 N–H and O–H groups in total. The fourth-order valence-electron chi connectivity index (χ4n) is 1.97. The van der Waals surface area contributed by atoms with Gasteiger partial charge in [-0.3, -0.25) is 0 Å². The highest BCUT2D eigenvalue weighted by atomic mass is 32.2. The van der Waals surface area contributed by atoms with Crippen LogP contribution in [0.4, 0.5) is 0 Å². The van der Waals surface area contributed by atoms with Gasteiger partial charge >= 0.3 is 0 Å². The van der Waals surface area contributed by atoms with Crippen LogP contribution in [0.3, 0.4) is 0 Å². The van der Waals surface area contributed by atoms with Crippen molar-refractivity contribution in [3.63, 3.8) is 0 Å². The molecule has 1 aromatic rings. The van der Waals surface area contributed by atoms with Gasteiger partial charge in [-0.05, 0) is 6.54 Å². The zero-order valence-corrected chi connectivity index (χ0v) is 11.2. The van der Waals surface area contributed by atoms with Gasteiger partial charge < -0.3 is 14.6 Å². The van der Waals surface area contributed by atoms with Gasteiger partial charge in [-0.25, -0.2) is 8.42 Å². The van der Waals surface area contributed by atoms with E-state index in [4.69, 9.17) is 9.26 Å². The molecule has 0 bridgehead atoms.